The highest BCUT2D eigenvalue weighted by Crippen LogP contribution is 2.23. The van der Waals surface area contributed by atoms with Gasteiger partial charge in [-0.05, 0) is 50.5 Å². The number of halogens is 1. The van der Waals surface area contributed by atoms with Gasteiger partial charge in [0.1, 0.15) is 0 Å². The first-order valence-corrected chi connectivity index (χ1v) is 8.64. The van der Waals surface area contributed by atoms with Gasteiger partial charge in [0.05, 0.1) is 10.9 Å². The van der Waals surface area contributed by atoms with E-state index in [2.05, 4.69) is 15.3 Å². The van der Waals surface area contributed by atoms with Crippen molar-refractivity contribution >= 4 is 35.0 Å². The van der Waals surface area contributed by atoms with Crippen LogP contribution in [-0.4, -0.2) is 21.1 Å². The number of aromatic nitrogens is 2. The van der Waals surface area contributed by atoms with Gasteiger partial charge < -0.3 is 10.3 Å². The van der Waals surface area contributed by atoms with Crippen LogP contribution in [0.3, 0.4) is 0 Å². The Bertz CT molecular complexity index is 789. The van der Waals surface area contributed by atoms with Gasteiger partial charge in [-0.15, -0.1) is 0 Å². The number of H-pyrrole nitrogens is 1. The van der Waals surface area contributed by atoms with Gasteiger partial charge in [-0.1, -0.05) is 23.4 Å². The van der Waals surface area contributed by atoms with Gasteiger partial charge in [-0.25, -0.2) is 4.98 Å². The highest BCUT2D eigenvalue weighted by atomic mass is 35.5. The molecule has 1 unspecified atom stereocenters. The number of thioether (sulfide) groups is 1. The number of rotatable bonds is 4. The third-order valence-corrected chi connectivity index (χ3v) is 4.93. The van der Waals surface area contributed by atoms with Gasteiger partial charge in [-0.2, -0.15) is 0 Å². The van der Waals surface area contributed by atoms with Gasteiger partial charge in [0.2, 0.25) is 5.91 Å². The Balaban J connectivity index is 1.68. The van der Waals surface area contributed by atoms with Crippen molar-refractivity contribution < 1.29 is 4.79 Å². The molecule has 1 atom stereocenters. The SMILES string of the molecule is CC(Sc1nc2c(c(=O)[nH]1)CCC2)C(=O)Nc1ccc(Cl)cc1. The Hall–Kier alpha value is -1.79. The van der Waals surface area contributed by atoms with Crippen LogP contribution in [0.4, 0.5) is 5.69 Å². The number of fused-ring (bicyclic) bond motifs is 1. The number of nitrogens with zero attached hydrogens (tertiary/aromatic N) is 1. The molecule has 0 spiro atoms. The lowest BCUT2D eigenvalue weighted by Gasteiger charge is -2.12. The molecular weight excluding hydrogens is 334 g/mol. The summed E-state index contributed by atoms with van der Waals surface area (Å²) in [4.78, 5) is 31.4. The highest BCUT2D eigenvalue weighted by molar-refractivity contribution is 8.00. The first-order chi connectivity index (χ1) is 11.0. The molecule has 1 aromatic carbocycles. The van der Waals surface area contributed by atoms with Crippen LogP contribution in [0.25, 0.3) is 0 Å². The van der Waals surface area contributed by atoms with E-state index in [0.29, 0.717) is 15.9 Å². The predicted octanol–water partition coefficient (Wildman–Crippen LogP) is 3.03. The third-order valence-electron chi connectivity index (χ3n) is 3.69. The minimum Gasteiger partial charge on any atom is -0.325 e. The van der Waals surface area contributed by atoms with E-state index in [9.17, 15) is 9.59 Å². The van der Waals surface area contributed by atoms with Gasteiger partial charge in [0.25, 0.3) is 5.56 Å². The average molecular weight is 350 g/mol. The van der Waals surface area contributed by atoms with Crippen LogP contribution in [0.2, 0.25) is 5.02 Å². The number of carbonyl (C=O) groups is 1. The number of hydrogen-bond donors (Lipinski definition) is 2. The zero-order valence-electron chi connectivity index (χ0n) is 12.6. The molecule has 1 aliphatic rings. The summed E-state index contributed by atoms with van der Waals surface area (Å²) in [5.41, 5.74) is 2.25. The van der Waals surface area contributed by atoms with Crippen molar-refractivity contribution in [1.82, 2.24) is 9.97 Å². The van der Waals surface area contributed by atoms with Crippen molar-refractivity contribution in [3.63, 3.8) is 0 Å². The zero-order valence-corrected chi connectivity index (χ0v) is 14.1. The van der Waals surface area contributed by atoms with Gasteiger partial charge in [0, 0.05) is 16.3 Å². The van der Waals surface area contributed by atoms with Crippen LogP contribution in [0.1, 0.15) is 24.6 Å². The number of amides is 1. The summed E-state index contributed by atoms with van der Waals surface area (Å²) < 4.78 is 0. The maximum absolute atomic E-state index is 12.2. The zero-order chi connectivity index (χ0) is 16.4. The fourth-order valence-electron chi connectivity index (χ4n) is 2.47. The van der Waals surface area contributed by atoms with Gasteiger partial charge in [-0.3, -0.25) is 9.59 Å². The normalized spacial score (nSPS) is 14.3. The lowest BCUT2D eigenvalue weighted by Crippen LogP contribution is -2.23. The molecule has 2 aromatic rings. The van der Waals surface area contributed by atoms with Crippen molar-refractivity contribution in [2.75, 3.05) is 5.32 Å². The third kappa shape index (κ3) is 3.76. The van der Waals surface area contributed by atoms with Crippen LogP contribution < -0.4 is 10.9 Å². The van der Waals surface area contributed by atoms with E-state index >= 15 is 0 Å². The first-order valence-electron chi connectivity index (χ1n) is 7.38. The summed E-state index contributed by atoms with van der Waals surface area (Å²) in [7, 11) is 0. The molecule has 2 N–H and O–H groups in total. The largest absolute Gasteiger partial charge is 0.325 e. The Kier molecular flexibility index (Phi) is 4.73. The smallest absolute Gasteiger partial charge is 0.254 e. The minimum absolute atomic E-state index is 0.0830. The number of anilines is 1. The molecule has 1 aromatic heterocycles. The molecule has 120 valence electrons. The molecule has 0 saturated heterocycles. The molecule has 1 amide bonds. The standard InChI is InChI=1S/C16H16ClN3O2S/c1-9(14(21)18-11-7-5-10(17)6-8-11)23-16-19-13-4-2-3-12(13)15(22)20-16/h5-9H,2-4H2,1H3,(H,18,21)(H,19,20,22). The number of hydrogen-bond acceptors (Lipinski definition) is 4. The maximum atomic E-state index is 12.2. The van der Waals surface area contributed by atoms with E-state index in [4.69, 9.17) is 11.6 Å². The molecule has 7 heteroatoms. The minimum atomic E-state index is -0.381. The second-order valence-electron chi connectivity index (χ2n) is 5.41. The molecule has 5 nitrogen and oxygen atoms in total. The van der Waals surface area contributed by atoms with E-state index in [1.54, 1.807) is 31.2 Å². The van der Waals surface area contributed by atoms with Crippen molar-refractivity contribution in [2.45, 2.75) is 36.6 Å². The van der Waals surface area contributed by atoms with Crippen molar-refractivity contribution in [3.05, 3.63) is 50.9 Å². The van der Waals surface area contributed by atoms with E-state index in [1.807, 2.05) is 0 Å². The topological polar surface area (TPSA) is 74.8 Å². The molecule has 0 bridgehead atoms. The van der Waals surface area contributed by atoms with E-state index < -0.39 is 0 Å². The van der Waals surface area contributed by atoms with Crippen LogP contribution >= 0.6 is 23.4 Å². The van der Waals surface area contributed by atoms with E-state index in [1.165, 1.54) is 11.8 Å². The van der Waals surface area contributed by atoms with Crippen LogP contribution in [0.15, 0.2) is 34.2 Å². The number of nitrogens with one attached hydrogen (secondary N) is 2. The molecule has 1 heterocycles. The Morgan fingerprint density at radius 2 is 2.09 bits per heavy atom. The summed E-state index contributed by atoms with van der Waals surface area (Å²) in [5.74, 6) is -0.152. The quantitative estimate of drug-likeness (QED) is 0.657. The maximum Gasteiger partial charge on any atom is 0.254 e. The Morgan fingerprint density at radius 3 is 2.83 bits per heavy atom. The molecule has 0 radical (unpaired) electrons. The second kappa shape index (κ2) is 6.76. The molecule has 0 fully saturated rings. The number of aryl methyl sites for hydroxylation is 1. The van der Waals surface area contributed by atoms with Crippen molar-refractivity contribution in [1.29, 1.82) is 0 Å². The fourth-order valence-corrected chi connectivity index (χ4v) is 3.41. The Morgan fingerprint density at radius 1 is 1.35 bits per heavy atom. The number of aromatic amines is 1. The summed E-state index contributed by atoms with van der Waals surface area (Å²) in [6, 6.07) is 6.92. The molecule has 1 aliphatic carbocycles. The molecule has 0 saturated carbocycles. The summed E-state index contributed by atoms with van der Waals surface area (Å²) in [5, 5.41) is 3.55. The van der Waals surface area contributed by atoms with Gasteiger partial charge >= 0.3 is 0 Å². The van der Waals surface area contributed by atoms with Gasteiger partial charge in [0.15, 0.2) is 5.16 Å². The van der Waals surface area contributed by atoms with Crippen LogP contribution in [0, 0.1) is 0 Å². The van der Waals surface area contributed by atoms with E-state index in [-0.39, 0.29) is 16.7 Å². The second-order valence-corrected chi connectivity index (χ2v) is 7.17. The van der Waals surface area contributed by atoms with Crippen molar-refractivity contribution in [3.8, 4) is 0 Å². The molecule has 23 heavy (non-hydrogen) atoms. The lowest BCUT2D eigenvalue weighted by molar-refractivity contribution is -0.115. The van der Waals surface area contributed by atoms with E-state index in [0.717, 1.165) is 30.5 Å². The highest BCUT2D eigenvalue weighted by Gasteiger charge is 2.20. The lowest BCUT2D eigenvalue weighted by atomic mass is 10.3. The summed E-state index contributed by atoms with van der Waals surface area (Å²) in [6.07, 6.45) is 2.58. The van der Waals surface area contributed by atoms with Crippen molar-refractivity contribution in [2.24, 2.45) is 0 Å². The molecule has 0 aliphatic heterocycles. The molecular formula is C16H16ClN3O2S. The van der Waals surface area contributed by atoms with Crippen LogP contribution in [-0.2, 0) is 17.6 Å². The average Bonchev–Trinajstić information content (AvgIpc) is 2.98. The fraction of sp³-hybridized carbons (Fsp3) is 0.312. The van der Waals surface area contributed by atoms with Crippen LogP contribution in [0.5, 0.6) is 0 Å². The predicted molar refractivity (Wildman–Crippen MR) is 92.3 cm³/mol. The monoisotopic (exact) mass is 349 g/mol. The number of benzene rings is 1. The number of carbonyl (C=O) groups excluding carboxylic acids is 1. The first kappa shape index (κ1) is 16.1. The summed E-state index contributed by atoms with van der Waals surface area (Å²) in [6.45, 7) is 1.78. The molecule has 3 rings (SSSR count). The summed E-state index contributed by atoms with van der Waals surface area (Å²) >= 11 is 7.07. The Labute approximate surface area is 142 Å².